The molecule has 0 saturated heterocycles. The lowest BCUT2D eigenvalue weighted by Gasteiger charge is -2.19. The average molecular weight is 478 g/mol. The van der Waals surface area contributed by atoms with E-state index in [-0.39, 0.29) is 36.0 Å². The number of fused-ring (bicyclic) bond motifs is 1. The number of ether oxygens (including phenoxy) is 2. The van der Waals surface area contributed by atoms with Gasteiger partial charge in [-0.05, 0) is 25.0 Å². The van der Waals surface area contributed by atoms with Crippen molar-refractivity contribution in [1.82, 2.24) is 9.62 Å². The van der Waals surface area contributed by atoms with Gasteiger partial charge in [-0.1, -0.05) is 24.6 Å². The van der Waals surface area contributed by atoms with Crippen molar-refractivity contribution in [1.29, 1.82) is 0 Å². The Kier molecular flexibility index (Phi) is 8.23. The van der Waals surface area contributed by atoms with Crippen LogP contribution in [0.1, 0.15) is 31.2 Å². The van der Waals surface area contributed by atoms with Crippen LogP contribution in [0.3, 0.4) is 0 Å². The van der Waals surface area contributed by atoms with Gasteiger partial charge < -0.3 is 14.4 Å². The van der Waals surface area contributed by atoms with Gasteiger partial charge in [-0.15, -0.1) is 0 Å². The van der Waals surface area contributed by atoms with Gasteiger partial charge in [-0.25, -0.2) is 13.1 Å². The number of amides is 1. The van der Waals surface area contributed by atoms with Gasteiger partial charge in [0.15, 0.2) is 11.5 Å². The smallest absolute Gasteiger partial charge is 0.274 e. The van der Waals surface area contributed by atoms with Crippen LogP contribution >= 0.6 is 0 Å². The molecule has 0 spiro atoms. The van der Waals surface area contributed by atoms with E-state index in [4.69, 9.17) is 9.47 Å². The third kappa shape index (κ3) is 6.65. The molecule has 0 aromatic heterocycles. The number of sulfonamides is 1. The van der Waals surface area contributed by atoms with Crippen molar-refractivity contribution in [3.63, 3.8) is 0 Å². The number of nitrogens with zero attached hydrogens (tertiary/aromatic N) is 2. The number of nitro benzene ring substituents is 1. The van der Waals surface area contributed by atoms with Crippen LogP contribution in [0.2, 0.25) is 0 Å². The number of carbonyl (C=O) groups is 1. The molecule has 2 aromatic carbocycles. The molecule has 33 heavy (non-hydrogen) atoms. The minimum Gasteiger partial charge on any atom is -0.486 e. The first-order valence-corrected chi connectivity index (χ1v) is 12.1. The third-order valence-corrected chi connectivity index (χ3v) is 6.66. The normalized spacial score (nSPS) is 12.9. The Morgan fingerprint density at radius 3 is 2.58 bits per heavy atom. The first-order valence-electron chi connectivity index (χ1n) is 10.6. The van der Waals surface area contributed by atoms with E-state index in [2.05, 4.69) is 4.72 Å². The Bertz CT molecular complexity index is 1100. The standard InChI is InChI=1S/C22H27N3O7S/c1-24(16-17-7-4-5-8-19(17)25(27)28)22(26)9-3-2-6-12-23-33(29,30)18-10-11-20-21(15-18)32-14-13-31-20/h4-5,7-8,10-11,15,23H,2-3,6,9,12-14,16H2,1H3. The highest BCUT2D eigenvalue weighted by atomic mass is 32.2. The molecule has 1 amide bonds. The zero-order valence-corrected chi connectivity index (χ0v) is 19.2. The summed E-state index contributed by atoms with van der Waals surface area (Å²) in [5.74, 6) is 0.814. The summed E-state index contributed by atoms with van der Waals surface area (Å²) in [5, 5.41) is 11.1. The van der Waals surface area contributed by atoms with E-state index in [1.165, 1.54) is 23.1 Å². The van der Waals surface area contributed by atoms with Crippen molar-refractivity contribution in [3.05, 3.63) is 58.1 Å². The number of carbonyl (C=O) groups excluding carboxylic acids is 1. The van der Waals surface area contributed by atoms with Crippen molar-refractivity contribution < 1.29 is 27.6 Å². The molecule has 1 aliphatic rings. The van der Waals surface area contributed by atoms with Crippen LogP contribution in [0.25, 0.3) is 0 Å². The molecule has 3 rings (SSSR count). The van der Waals surface area contributed by atoms with Gasteiger partial charge >= 0.3 is 0 Å². The number of rotatable bonds is 11. The second-order valence-electron chi connectivity index (χ2n) is 7.65. The number of hydrogen-bond acceptors (Lipinski definition) is 7. The third-order valence-electron chi connectivity index (χ3n) is 5.21. The van der Waals surface area contributed by atoms with Crippen molar-refractivity contribution in [2.75, 3.05) is 26.8 Å². The van der Waals surface area contributed by atoms with E-state index in [9.17, 15) is 23.3 Å². The lowest BCUT2D eigenvalue weighted by molar-refractivity contribution is -0.385. The zero-order chi connectivity index (χ0) is 23.8. The van der Waals surface area contributed by atoms with Gasteiger partial charge in [0.05, 0.1) is 16.4 Å². The molecular formula is C22H27N3O7S. The molecule has 1 heterocycles. The largest absolute Gasteiger partial charge is 0.486 e. The van der Waals surface area contributed by atoms with E-state index in [0.29, 0.717) is 49.5 Å². The van der Waals surface area contributed by atoms with E-state index in [1.807, 2.05) is 0 Å². The summed E-state index contributed by atoms with van der Waals surface area (Å²) in [4.78, 5) is 24.6. The molecule has 0 aliphatic carbocycles. The summed E-state index contributed by atoms with van der Waals surface area (Å²) in [5.41, 5.74) is 0.467. The number of para-hydroxylation sites is 1. The van der Waals surface area contributed by atoms with Crippen molar-refractivity contribution in [3.8, 4) is 11.5 Å². The summed E-state index contributed by atoms with van der Waals surface area (Å²) < 4.78 is 38.3. The minimum absolute atomic E-state index is 0.0116. The van der Waals surface area contributed by atoms with Crippen LogP contribution < -0.4 is 14.2 Å². The lowest BCUT2D eigenvalue weighted by Crippen LogP contribution is -2.26. The van der Waals surface area contributed by atoms with Gasteiger partial charge in [-0.2, -0.15) is 0 Å². The summed E-state index contributed by atoms with van der Waals surface area (Å²) in [6, 6.07) is 10.8. The van der Waals surface area contributed by atoms with Crippen molar-refractivity contribution in [2.45, 2.75) is 37.1 Å². The number of nitrogens with one attached hydrogen (secondary N) is 1. The summed E-state index contributed by atoms with van der Waals surface area (Å²) in [6.07, 6.45) is 2.11. The fraction of sp³-hybridized carbons (Fsp3) is 0.409. The molecule has 0 atom stereocenters. The zero-order valence-electron chi connectivity index (χ0n) is 18.4. The molecule has 2 aromatic rings. The van der Waals surface area contributed by atoms with Crippen LogP contribution in [-0.4, -0.2) is 51.0 Å². The molecule has 0 unspecified atom stereocenters. The molecule has 11 heteroatoms. The van der Waals surface area contributed by atoms with Crippen LogP contribution in [-0.2, 0) is 21.4 Å². The highest BCUT2D eigenvalue weighted by Crippen LogP contribution is 2.32. The second kappa shape index (κ2) is 11.1. The highest BCUT2D eigenvalue weighted by Gasteiger charge is 2.19. The van der Waals surface area contributed by atoms with E-state index in [0.717, 1.165) is 0 Å². The summed E-state index contributed by atoms with van der Waals surface area (Å²) >= 11 is 0. The Balaban J connectivity index is 1.39. The predicted octanol–water partition coefficient (Wildman–Crippen LogP) is 2.86. The maximum Gasteiger partial charge on any atom is 0.274 e. The maximum atomic E-state index is 12.5. The highest BCUT2D eigenvalue weighted by molar-refractivity contribution is 7.89. The second-order valence-corrected chi connectivity index (χ2v) is 9.42. The first kappa shape index (κ1) is 24.5. The van der Waals surface area contributed by atoms with Gasteiger partial charge in [0.25, 0.3) is 5.69 Å². The summed E-state index contributed by atoms with van der Waals surface area (Å²) in [7, 11) is -2.06. The fourth-order valence-electron chi connectivity index (χ4n) is 3.42. The Morgan fingerprint density at radius 2 is 1.82 bits per heavy atom. The predicted molar refractivity (Wildman–Crippen MR) is 121 cm³/mol. The number of benzene rings is 2. The molecule has 0 radical (unpaired) electrons. The Hall–Kier alpha value is -3.18. The van der Waals surface area contributed by atoms with Gasteiger partial charge in [0.1, 0.15) is 13.2 Å². The van der Waals surface area contributed by atoms with Crippen LogP contribution in [0.5, 0.6) is 11.5 Å². The molecule has 10 nitrogen and oxygen atoms in total. The first-order chi connectivity index (χ1) is 15.8. The molecule has 1 N–H and O–H groups in total. The SMILES string of the molecule is CN(Cc1ccccc1[N+](=O)[O-])C(=O)CCCCCNS(=O)(=O)c1ccc2c(c1)OCCO2. The molecule has 0 saturated carbocycles. The monoisotopic (exact) mass is 477 g/mol. The van der Waals surface area contributed by atoms with Crippen LogP contribution in [0, 0.1) is 10.1 Å². The number of unbranched alkanes of at least 4 members (excludes halogenated alkanes) is 2. The van der Waals surface area contributed by atoms with E-state index in [1.54, 1.807) is 31.3 Å². The van der Waals surface area contributed by atoms with Gasteiger partial charge in [0.2, 0.25) is 15.9 Å². The topological polar surface area (TPSA) is 128 Å². The molecular weight excluding hydrogens is 450 g/mol. The van der Waals surface area contributed by atoms with Crippen LogP contribution in [0.4, 0.5) is 5.69 Å². The minimum atomic E-state index is -3.67. The molecule has 178 valence electrons. The number of nitro groups is 1. The average Bonchev–Trinajstić information content (AvgIpc) is 2.81. The fourth-order valence-corrected chi connectivity index (χ4v) is 4.51. The number of hydrogen-bond donors (Lipinski definition) is 1. The van der Waals surface area contributed by atoms with E-state index < -0.39 is 14.9 Å². The Labute approximate surface area is 192 Å². The van der Waals surface area contributed by atoms with Crippen molar-refractivity contribution >= 4 is 21.6 Å². The summed E-state index contributed by atoms with van der Waals surface area (Å²) in [6.45, 7) is 1.21. The molecule has 0 bridgehead atoms. The quantitative estimate of drug-likeness (QED) is 0.299. The van der Waals surface area contributed by atoms with Crippen molar-refractivity contribution in [2.24, 2.45) is 0 Å². The van der Waals surface area contributed by atoms with Gasteiger partial charge in [-0.3, -0.25) is 14.9 Å². The maximum absolute atomic E-state index is 12.5. The van der Waals surface area contributed by atoms with Gasteiger partial charge in [0, 0.05) is 37.7 Å². The lowest BCUT2D eigenvalue weighted by atomic mass is 10.1. The molecule has 1 aliphatic heterocycles. The van der Waals surface area contributed by atoms with Crippen LogP contribution in [0.15, 0.2) is 47.4 Å². The Morgan fingerprint density at radius 1 is 1.09 bits per heavy atom. The molecule has 0 fully saturated rings. The van der Waals surface area contributed by atoms with E-state index >= 15 is 0 Å².